The summed E-state index contributed by atoms with van der Waals surface area (Å²) in [6, 6.07) is 0. The van der Waals surface area contributed by atoms with Crippen molar-refractivity contribution in [2.45, 2.75) is 130 Å². The van der Waals surface area contributed by atoms with E-state index >= 15 is 0 Å². The topological polar surface area (TPSA) is 93.1 Å². The first-order valence-corrected chi connectivity index (χ1v) is 21.9. The molecule has 6 atom stereocenters. The molecule has 0 unspecified atom stereocenters. The second kappa shape index (κ2) is 11.6. The van der Waals surface area contributed by atoms with Gasteiger partial charge in [0.25, 0.3) is 0 Å². The Morgan fingerprint density at radius 2 is 1.45 bits per heavy atom. The van der Waals surface area contributed by atoms with E-state index in [1.807, 2.05) is 0 Å². The van der Waals surface area contributed by atoms with Crippen molar-refractivity contribution in [3.05, 3.63) is 23.5 Å². The summed E-state index contributed by atoms with van der Waals surface area (Å²) in [5.41, 5.74) is 1.05. The molecular weight excluding hydrogens is 561 g/mol. The van der Waals surface area contributed by atoms with Gasteiger partial charge in [0.2, 0.25) is 5.76 Å². The van der Waals surface area contributed by atoms with Crippen molar-refractivity contribution in [3.8, 4) is 0 Å². The van der Waals surface area contributed by atoms with Gasteiger partial charge < -0.3 is 19.1 Å². The molecule has 3 aliphatic carbocycles. The van der Waals surface area contributed by atoms with E-state index in [0.717, 1.165) is 25.7 Å². The van der Waals surface area contributed by atoms with Crippen LogP contribution in [0.15, 0.2) is 23.5 Å². The number of Topliss-reactive ketones (excluding diaryl/α,β-unsaturated/α-hetero) is 1. The van der Waals surface area contributed by atoms with Gasteiger partial charge in [-0.15, -0.1) is 0 Å². The first kappa shape index (κ1) is 35.3. The summed E-state index contributed by atoms with van der Waals surface area (Å²) in [6.45, 7) is 32.8. The first-order chi connectivity index (χ1) is 18.9. The smallest absolute Gasteiger partial charge is 0.371 e. The lowest BCUT2D eigenvalue weighted by atomic mass is 9.49. The minimum atomic E-state index is -2.10. The van der Waals surface area contributed by atoms with Crippen LogP contribution in [0.25, 0.3) is 0 Å². The van der Waals surface area contributed by atoms with Gasteiger partial charge in [0.05, 0.1) is 0 Å². The maximum atomic E-state index is 13.4. The van der Waals surface area contributed by atoms with Crippen LogP contribution in [0, 0.1) is 34.5 Å². The zero-order valence-corrected chi connectivity index (χ0v) is 30.7. The number of carbonyl (C=O) groups excluding carboxylic acids is 1. The quantitative estimate of drug-likeness (QED) is 0.122. The predicted molar refractivity (Wildman–Crippen MR) is 176 cm³/mol. The van der Waals surface area contributed by atoms with E-state index in [-0.39, 0.29) is 57.4 Å². The molecule has 3 saturated carbocycles. The summed E-state index contributed by atoms with van der Waals surface area (Å²) >= 11 is 0. The molecular formula is C34H60O6Si2. The fourth-order valence-electron chi connectivity index (χ4n) is 7.52. The van der Waals surface area contributed by atoms with Crippen LogP contribution < -0.4 is 0 Å². The second-order valence-electron chi connectivity index (χ2n) is 17.3. The third-order valence-electron chi connectivity index (χ3n) is 12.9. The van der Waals surface area contributed by atoms with E-state index < -0.39 is 33.8 Å². The SMILES string of the molecule is C=C1CC[C@H]2[C@H](CO[Si](C)(C)C(C)(C)C)[C@@H]([C@@]3(C)CC(=C(O)C(=O)O)C(=O)C[C@@H]3CO[Si](C)(C)C(C)(C)C)CC[C@]12C. The Balaban J connectivity index is 2.10. The number of aliphatic hydroxyl groups is 1. The van der Waals surface area contributed by atoms with Crippen LogP contribution in [0.2, 0.25) is 36.3 Å². The number of allylic oxidation sites excluding steroid dienone is 2. The molecule has 3 fully saturated rings. The van der Waals surface area contributed by atoms with E-state index in [9.17, 15) is 19.8 Å². The number of rotatable bonds is 8. The zero-order chi connectivity index (χ0) is 32.3. The molecule has 3 aliphatic rings. The average molecular weight is 621 g/mol. The average Bonchev–Trinajstić information content (AvgIpc) is 3.15. The normalized spacial score (nSPS) is 34.4. The standard InChI is InChI=1S/C34H60O6Si2/c1-22-14-15-26-25(21-40-42(12,13)32(5,6)7)27(16-17-33(22,26)8)34(9)19-24(29(36)30(37)38)28(35)18-23(34)20-39-41(10,11)31(2,3)4/h23,25-27,36H,1,14-21H2,2-13H3,(H,37,38)/t23-,25+,26+,27+,33-,34+/m1/s1. The number of hydrogen-bond donors (Lipinski definition) is 2. The van der Waals surface area contributed by atoms with Gasteiger partial charge in [-0.3, -0.25) is 4.79 Å². The monoisotopic (exact) mass is 620 g/mol. The Bertz CT molecular complexity index is 1110. The summed E-state index contributed by atoms with van der Waals surface area (Å²) < 4.78 is 13.8. The lowest BCUT2D eigenvalue weighted by molar-refractivity contribution is -0.137. The van der Waals surface area contributed by atoms with E-state index in [0.29, 0.717) is 19.1 Å². The number of carboxylic acids is 1. The molecule has 0 radical (unpaired) electrons. The lowest BCUT2D eigenvalue weighted by Gasteiger charge is -2.57. The largest absolute Gasteiger partial charge is 0.502 e. The molecule has 8 heteroatoms. The molecule has 0 heterocycles. The summed E-state index contributed by atoms with van der Waals surface area (Å²) in [4.78, 5) is 25.3. The van der Waals surface area contributed by atoms with Gasteiger partial charge in [0, 0.05) is 25.2 Å². The molecule has 6 nitrogen and oxygen atoms in total. The zero-order valence-electron chi connectivity index (χ0n) is 28.7. The highest BCUT2D eigenvalue weighted by Crippen LogP contribution is 2.64. The van der Waals surface area contributed by atoms with Crippen molar-refractivity contribution in [1.29, 1.82) is 0 Å². The van der Waals surface area contributed by atoms with Gasteiger partial charge >= 0.3 is 5.97 Å². The van der Waals surface area contributed by atoms with Gasteiger partial charge in [-0.05, 0) is 103 Å². The molecule has 0 aromatic carbocycles. The maximum absolute atomic E-state index is 13.4. The maximum Gasteiger partial charge on any atom is 0.371 e. The van der Waals surface area contributed by atoms with Crippen molar-refractivity contribution in [1.82, 2.24) is 0 Å². The molecule has 0 aromatic rings. The van der Waals surface area contributed by atoms with E-state index in [1.54, 1.807) is 0 Å². The van der Waals surface area contributed by atoms with Crippen LogP contribution in [0.1, 0.15) is 93.9 Å². The fraction of sp³-hybridized carbons (Fsp3) is 0.824. The fourth-order valence-corrected chi connectivity index (χ4v) is 9.62. The van der Waals surface area contributed by atoms with Crippen molar-refractivity contribution in [2.75, 3.05) is 13.2 Å². The van der Waals surface area contributed by atoms with Crippen LogP contribution in [0.4, 0.5) is 0 Å². The number of fused-ring (bicyclic) bond motifs is 1. The molecule has 3 rings (SSSR count). The Labute approximate surface area is 258 Å². The highest BCUT2D eigenvalue weighted by Gasteiger charge is 2.58. The Morgan fingerprint density at radius 3 is 1.95 bits per heavy atom. The Morgan fingerprint density at radius 1 is 0.929 bits per heavy atom. The van der Waals surface area contributed by atoms with Crippen LogP contribution in [0.3, 0.4) is 0 Å². The number of aliphatic carboxylic acids is 1. The highest BCUT2D eigenvalue weighted by molar-refractivity contribution is 6.74. The molecule has 42 heavy (non-hydrogen) atoms. The van der Waals surface area contributed by atoms with Crippen molar-refractivity contribution in [2.24, 2.45) is 34.5 Å². The van der Waals surface area contributed by atoms with Crippen molar-refractivity contribution >= 4 is 28.4 Å². The highest BCUT2D eigenvalue weighted by atomic mass is 28.4. The summed E-state index contributed by atoms with van der Waals surface area (Å²) in [7, 11) is -4.13. The van der Waals surface area contributed by atoms with E-state index in [1.165, 1.54) is 5.57 Å². The summed E-state index contributed by atoms with van der Waals surface area (Å²) in [5.74, 6) is -1.69. The van der Waals surface area contributed by atoms with Crippen molar-refractivity contribution < 1.29 is 28.7 Å². The van der Waals surface area contributed by atoms with Crippen LogP contribution in [-0.4, -0.2) is 51.8 Å². The summed E-state index contributed by atoms with van der Waals surface area (Å²) in [6.07, 6.45) is 4.55. The summed E-state index contributed by atoms with van der Waals surface area (Å²) in [5, 5.41) is 20.4. The minimum absolute atomic E-state index is 0.0329. The first-order valence-electron chi connectivity index (χ1n) is 16.0. The molecule has 0 aromatic heterocycles. The molecule has 0 aliphatic heterocycles. The van der Waals surface area contributed by atoms with Crippen LogP contribution in [-0.2, 0) is 18.4 Å². The van der Waals surface area contributed by atoms with Crippen molar-refractivity contribution in [3.63, 3.8) is 0 Å². The Kier molecular flexibility index (Phi) is 9.74. The molecule has 0 spiro atoms. The van der Waals surface area contributed by atoms with Gasteiger partial charge in [0.15, 0.2) is 22.4 Å². The number of hydrogen-bond acceptors (Lipinski definition) is 5. The van der Waals surface area contributed by atoms with Gasteiger partial charge in [-0.1, -0.05) is 67.5 Å². The predicted octanol–water partition coefficient (Wildman–Crippen LogP) is 8.91. The minimum Gasteiger partial charge on any atom is -0.502 e. The molecule has 0 saturated heterocycles. The third kappa shape index (κ3) is 6.43. The molecule has 240 valence electrons. The number of ketones is 1. The van der Waals surface area contributed by atoms with Gasteiger partial charge in [-0.2, -0.15) is 0 Å². The number of carboxylic acid groups (broad SMARTS) is 1. The second-order valence-corrected chi connectivity index (χ2v) is 26.9. The third-order valence-corrected chi connectivity index (χ3v) is 21.9. The molecule has 2 N–H and O–H groups in total. The molecule has 0 amide bonds. The van der Waals surface area contributed by atoms with Gasteiger partial charge in [-0.25, -0.2) is 4.79 Å². The number of aliphatic hydroxyl groups excluding tert-OH is 1. The van der Waals surface area contributed by atoms with Crippen LogP contribution in [0.5, 0.6) is 0 Å². The molecule has 0 bridgehead atoms. The van der Waals surface area contributed by atoms with Gasteiger partial charge in [0.1, 0.15) is 0 Å². The van der Waals surface area contributed by atoms with E-state index in [4.69, 9.17) is 8.85 Å². The number of carbonyl (C=O) groups is 2. The lowest BCUT2D eigenvalue weighted by Crippen LogP contribution is -2.54. The van der Waals surface area contributed by atoms with Crippen LogP contribution >= 0.6 is 0 Å². The Hall–Kier alpha value is -1.23. The van der Waals surface area contributed by atoms with E-state index in [2.05, 4.69) is 88.2 Å².